The Morgan fingerprint density at radius 1 is 1.00 bits per heavy atom. The number of anilines is 1. The summed E-state index contributed by atoms with van der Waals surface area (Å²) in [7, 11) is 0. The minimum Gasteiger partial charge on any atom is -0.343 e. The molecule has 0 fully saturated rings. The highest BCUT2D eigenvalue weighted by Crippen LogP contribution is 2.22. The average molecular weight is 346 g/mol. The highest BCUT2D eigenvalue weighted by atomic mass is 19.1. The molecule has 2 N–H and O–H groups in total. The maximum Gasteiger partial charge on any atom is 0.251 e. The van der Waals surface area contributed by atoms with Crippen molar-refractivity contribution in [3.63, 3.8) is 0 Å². The summed E-state index contributed by atoms with van der Waals surface area (Å²) in [5.41, 5.74) is 1.35. The molecular weight excluding hydrogens is 326 g/mol. The second-order valence-corrected chi connectivity index (χ2v) is 6.68. The van der Waals surface area contributed by atoms with E-state index in [4.69, 9.17) is 0 Å². The quantitative estimate of drug-likeness (QED) is 0.888. The summed E-state index contributed by atoms with van der Waals surface area (Å²) in [6, 6.07) is 9.93. The van der Waals surface area contributed by atoms with E-state index in [1.165, 1.54) is 0 Å². The number of carbonyl (C=O) groups excluding carboxylic acids is 2. The van der Waals surface area contributed by atoms with Gasteiger partial charge in [0.1, 0.15) is 11.6 Å². The van der Waals surface area contributed by atoms with Crippen molar-refractivity contribution < 1.29 is 18.4 Å². The van der Waals surface area contributed by atoms with Gasteiger partial charge in [-0.1, -0.05) is 32.9 Å². The highest BCUT2D eigenvalue weighted by molar-refractivity contribution is 5.99. The molecule has 132 valence electrons. The summed E-state index contributed by atoms with van der Waals surface area (Å²) in [6.45, 7) is 5.89. The Labute approximate surface area is 145 Å². The number of halogens is 2. The zero-order valence-corrected chi connectivity index (χ0v) is 14.3. The van der Waals surface area contributed by atoms with Crippen LogP contribution in [0.15, 0.2) is 42.5 Å². The van der Waals surface area contributed by atoms with Crippen LogP contribution in [0.3, 0.4) is 0 Å². The van der Waals surface area contributed by atoms with Crippen molar-refractivity contribution in [3.05, 3.63) is 65.2 Å². The van der Waals surface area contributed by atoms with E-state index in [1.54, 1.807) is 12.1 Å². The Morgan fingerprint density at radius 3 is 2.20 bits per heavy atom. The van der Waals surface area contributed by atoms with Gasteiger partial charge in [0, 0.05) is 11.6 Å². The SMILES string of the molecule is CC(C)(C)c1ccc(C(=O)NCC(=O)Nc2ccc(F)cc2F)cc1. The van der Waals surface area contributed by atoms with Gasteiger partial charge in [0.05, 0.1) is 12.2 Å². The van der Waals surface area contributed by atoms with Crippen LogP contribution in [0.2, 0.25) is 0 Å². The smallest absolute Gasteiger partial charge is 0.251 e. The molecule has 0 heterocycles. The van der Waals surface area contributed by atoms with E-state index < -0.39 is 23.4 Å². The predicted octanol–water partition coefficient (Wildman–Crippen LogP) is 3.63. The third-order valence-corrected chi connectivity index (χ3v) is 3.63. The summed E-state index contributed by atoms with van der Waals surface area (Å²) in [5, 5.41) is 4.74. The van der Waals surface area contributed by atoms with Crippen LogP contribution in [0.1, 0.15) is 36.7 Å². The van der Waals surface area contributed by atoms with E-state index in [1.807, 2.05) is 12.1 Å². The fraction of sp³-hybridized carbons (Fsp3) is 0.263. The molecule has 0 spiro atoms. The zero-order chi connectivity index (χ0) is 18.6. The first-order valence-corrected chi connectivity index (χ1v) is 7.80. The molecule has 0 aliphatic rings. The predicted molar refractivity (Wildman–Crippen MR) is 92.5 cm³/mol. The van der Waals surface area contributed by atoms with E-state index in [9.17, 15) is 18.4 Å². The molecule has 2 rings (SSSR count). The molecule has 0 unspecified atom stereocenters. The lowest BCUT2D eigenvalue weighted by Crippen LogP contribution is -2.33. The molecule has 2 aromatic rings. The first-order valence-electron chi connectivity index (χ1n) is 7.80. The first kappa shape index (κ1) is 18.6. The normalized spacial score (nSPS) is 11.1. The molecule has 0 bridgehead atoms. The number of amides is 2. The minimum atomic E-state index is -0.877. The Bertz CT molecular complexity index is 781. The van der Waals surface area contributed by atoms with Crippen LogP contribution in [-0.4, -0.2) is 18.4 Å². The Hall–Kier alpha value is -2.76. The lowest BCUT2D eigenvalue weighted by atomic mass is 9.87. The maximum atomic E-state index is 13.5. The van der Waals surface area contributed by atoms with E-state index in [2.05, 4.69) is 31.4 Å². The van der Waals surface area contributed by atoms with Gasteiger partial charge in [-0.05, 0) is 35.2 Å². The average Bonchev–Trinajstić information content (AvgIpc) is 2.54. The number of benzene rings is 2. The molecule has 6 heteroatoms. The lowest BCUT2D eigenvalue weighted by Gasteiger charge is -2.19. The van der Waals surface area contributed by atoms with E-state index >= 15 is 0 Å². The molecule has 0 radical (unpaired) electrons. The van der Waals surface area contributed by atoms with Gasteiger partial charge in [-0.15, -0.1) is 0 Å². The number of hydrogen-bond donors (Lipinski definition) is 2. The molecule has 0 saturated carbocycles. The summed E-state index contributed by atoms with van der Waals surface area (Å²) in [4.78, 5) is 23.8. The van der Waals surface area contributed by atoms with Gasteiger partial charge >= 0.3 is 0 Å². The third-order valence-electron chi connectivity index (χ3n) is 3.63. The van der Waals surface area contributed by atoms with Crippen LogP contribution < -0.4 is 10.6 Å². The largest absolute Gasteiger partial charge is 0.343 e. The molecular formula is C19H20F2N2O2. The zero-order valence-electron chi connectivity index (χ0n) is 14.3. The molecule has 0 atom stereocenters. The molecule has 0 aliphatic heterocycles. The summed E-state index contributed by atoms with van der Waals surface area (Å²) >= 11 is 0. The van der Waals surface area contributed by atoms with E-state index in [0.29, 0.717) is 11.6 Å². The van der Waals surface area contributed by atoms with Gasteiger partial charge in [-0.3, -0.25) is 9.59 Å². The van der Waals surface area contributed by atoms with E-state index in [-0.39, 0.29) is 17.6 Å². The number of carbonyl (C=O) groups is 2. The van der Waals surface area contributed by atoms with Crippen LogP contribution in [0, 0.1) is 11.6 Å². The van der Waals surface area contributed by atoms with Gasteiger partial charge < -0.3 is 10.6 Å². The molecule has 2 amide bonds. The fourth-order valence-electron chi connectivity index (χ4n) is 2.17. The molecule has 0 saturated heterocycles. The van der Waals surface area contributed by atoms with Crippen molar-refractivity contribution in [1.82, 2.24) is 5.32 Å². The number of hydrogen-bond acceptors (Lipinski definition) is 2. The molecule has 25 heavy (non-hydrogen) atoms. The van der Waals surface area contributed by atoms with Crippen LogP contribution in [0.4, 0.5) is 14.5 Å². The van der Waals surface area contributed by atoms with Gasteiger partial charge in [0.2, 0.25) is 5.91 Å². The third kappa shape index (κ3) is 5.11. The highest BCUT2D eigenvalue weighted by Gasteiger charge is 2.15. The van der Waals surface area contributed by atoms with Crippen LogP contribution >= 0.6 is 0 Å². The number of nitrogens with one attached hydrogen (secondary N) is 2. The summed E-state index contributed by atoms with van der Waals surface area (Å²) < 4.78 is 26.3. The maximum absolute atomic E-state index is 13.5. The Balaban J connectivity index is 1.92. The van der Waals surface area contributed by atoms with Crippen molar-refractivity contribution in [3.8, 4) is 0 Å². The van der Waals surface area contributed by atoms with Gasteiger partial charge in [0.15, 0.2) is 0 Å². The lowest BCUT2D eigenvalue weighted by molar-refractivity contribution is -0.115. The van der Waals surface area contributed by atoms with Crippen LogP contribution in [0.25, 0.3) is 0 Å². The topological polar surface area (TPSA) is 58.2 Å². The van der Waals surface area contributed by atoms with Crippen molar-refractivity contribution in [2.75, 3.05) is 11.9 Å². The van der Waals surface area contributed by atoms with Gasteiger partial charge in [-0.25, -0.2) is 8.78 Å². The molecule has 0 aliphatic carbocycles. The second kappa shape index (κ2) is 7.42. The monoisotopic (exact) mass is 346 g/mol. The Morgan fingerprint density at radius 2 is 1.64 bits per heavy atom. The van der Waals surface area contributed by atoms with Gasteiger partial charge in [-0.2, -0.15) is 0 Å². The Kier molecular flexibility index (Phi) is 5.51. The van der Waals surface area contributed by atoms with Crippen molar-refractivity contribution in [2.45, 2.75) is 26.2 Å². The fourth-order valence-corrected chi connectivity index (χ4v) is 2.17. The van der Waals surface area contributed by atoms with E-state index in [0.717, 1.165) is 17.7 Å². The molecule has 4 nitrogen and oxygen atoms in total. The van der Waals surface area contributed by atoms with Crippen molar-refractivity contribution in [1.29, 1.82) is 0 Å². The standard InChI is InChI=1S/C19H20F2N2O2/c1-19(2,3)13-6-4-12(5-7-13)18(25)22-11-17(24)23-16-9-8-14(20)10-15(16)21/h4-10H,11H2,1-3H3,(H,22,25)(H,23,24). The van der Waals surface area contributed by atoms with Crippen LogP contribution in [-0.2, 0) is 10.2 Å². The molecule has 2 aromatic carbocycles. The first-order chi connectivity index (χ1) is 11.7. The van der Waals surface area contributed by atoms with Gasteiger partial charge in [0.25, 0.3) is 5.91 Å². The number of rotatable bonds is 4. The van der Waals surface area contributed by atoms with Crippen molar-refractivity contribution in [2.24, 2.45) is 0 Å². The molecule has 0 aromatic heterocycles. The van der Waals surface area contributed by atoms with Crippen molar-refractivity contribution >= 4 is 17.5 Å². The minimum absolute atomic E-state index is 0.0197. The van der Waals surface area contributed by atoms with Crippen LogP contribution in [0.5, 0.6) is 0 Å². The summed E-state index contributed by atoms with van der Waals surface area (Å²) in [6.07, 6.45) is 0. The summed E-state index contributed by atoms with van der Waals surface area (Å²) in [5.74, 6) is -2.62. The second-order valence-electron chi connectivity index (χ2n) is 6.68.